The van der Waals surface area contributed by atoms with E-state index < -0.39 is 0 Å². The van der Waals surface area contributed by atoms with E-state index in [1.807, 2.05) is 30.3 Å². The topological polar surface area (TPSA) is 44.4 Å². The number of nitrogens with one attached hydrogen (secondary N) is 2. The van der Waals surface area contributed by atoms with Gasteiger partial charge in [-0.3, -0.25) is 4.79 Å². The minimum Gasteiger partial charge on any atom is -0.325 e. The van der Waals surface area contributed by atoms with E-state index >= 15 is 0 Å². The summed E-state index contributed by atoms with van der Waals surface area (Å²) in [6, 6.07) is 9.56. The molecule has 1 aliphatic heterocycles. The Morgan fingerprint density at radius 1 is 1.11 bits per heavy atom. The molecule has 1 saturated heterocycles. The summed E-state index contributed by atoms with van der Waals surface area (Å²) in [4.78, 5) is 14.1. The zero-order valence-corrected chi connectivity index (χ0v) is 11.4. The summed E-state index contributed by atoms with van der Waals surface area (Å²) in [7, 11) is 0. The number of nitrogens with zero attached hydrogens (tertiary/aromatic N) is 1. The van der Waals surface area contributed by atoms with E-state index in [9.17, 15) is 4.79 Å². The van der Waals surface area contributed by atoms with Crippen LogP contribution in [0, 0.1) is 0 Å². The lowest BCUT2D eigenvalue weighted by Gasteiger charge is -2.26. The van der Waals surface area contributed by atoms with Gasteiger partial charge in [0, 0.05) is 18.8 Å². The second-order valence-corrected chi connectivity index (χ2v) is 4.99. The van der Waals surface area contributed by atoms with Crippen molar-refractivity contribution in [3.63, 3.8) is 0 Å². The van der Waals surface area contributed by atoms with Gasteiger partial charge < -0.3 is 15.5 Å². The molecule has 4 nitrogen and oxygen atoms in total. The Hall–Kier alpha value is -1.39. The van der Waals surface area contributed by atoms with Gasteiger partial charge in [0.1, 0.15) is 0 Å². The average Bonchev–Trinajstić information content (AvgIpc) is 2.46. The van der Waals surface area contributed by atoms with Gasteiger partial charge in [-0.1, -0.05) is 24.6 Å². The van der Waals surface area contributed by atoms with Crippen molar-refractivity contribution in [2.45, 2.75) is 19.3 Å². The molecule has 0 bridgehead atoms. The molecule has 1 fully saturated rings. The minimum absolute atomic E-state index is 0.0184. The zero-order valence-electron chi connectivity index (χ0n) is 11.4. The van der Waals surface area contributed by atoms with Gasteiger partial charge in [0.05, 0.1) is 6.54 Å². The molecule has 2 rings (SSSR count). The second kappa shape index (κ2) is 7.92. The monoisotopic (exact) mass is 261 g/mol. The molecule has 4 heteroatoms. The van der Waals surface area contributed by atoms with E-state index in [0.29, 0.717) is 6.54 Å². The molecular formula is C15H23N3O. The van der Waals surface area contributed by atoms with Crippen molar-refractivity contribution in [2.24, 2.45) is 0 Å². The molecule has 104 valence electrons. The van der Waals surface area contributed by atoms with Gasteiger partial charge in [-0.25, -0.2) is 0 Å². The van der Waals surface area contributed by atoms with Crippen LogP contribution in [0.4, 0.5) is 5.69 Å². The molecule has 1 aliphatic rings. The number of carbonyl (C=O) groups excluding carboxylic acids is 1. The van der Waals surface area contributed by atoms with E-state index in [1.54, 1.807) is 0 Å². The molecule has 1 aromatic rings. The third-order valence-corrected chi connectivity index (χ3v) is 3.40. The lowest BCUT2D eigenvalue weighted by molar-refractivity contribution is -0.115. The SMILES string of the molecule is O=C(CNCCN1CCCCC1)Nc1ccccc1. The van der Waals surface area contributed by atoms with Crippen molar-refractivity contribution in [3.8, 4) is 0 Å². The summed E-state index contributed by atoms with van der Waals surface area (Å²) in [6.07, 6.45) is 3.99. The van der Waals surface area contributed by atoms with Gasteiger partial charge >= 0.3 is 0 Å². The predicted molar refractivity (Wildman–Crippen MR) is 78.2 cm³/mol. The third-order valence-electron chi connectivity index (χ3n) is 3.40. The number of carbonyl (C=O) groups is 1. The standard InChI is InChI=1S/C15H23N3O/c19-15(17-14-7-3-1-4-8-14)13-16-9-12-18-10-5-2-6-11-18/h1,3-4,7-8,16H,2,5-6,9-13H2,(H,17,19). The van der Waals surface area contributed by atoms with Crippen LogP contribution in [-0.4, -0.2) is 43.5 Å². The van der Waals surface area contributed by atoms with Crippen LogP contribution in [0.3, 0.4) is 0 Å². The summed E-state index contributed by atoms with van der Waals surface area (Å²) < 4.78 is 0. The largest absolute Gasteiger partial charge is 0.325 e. The minimum atomic E-state index is 0.0184. The Labute approximate surface area is 115 Å². The van der Waals surface area contributed by atoms with Crippen LogP contribution in [0.25, 0.3) is 0 Å². The molecule has 1 heterocycles. The van der Waals surface area contributed by atoms with Crippen LogP contribution in [-0.2, 0) is 4.79 Å². The number of hydrogen-bond donors (Lipinski definition) is 2. The highest BCUT2D eigenvalue weighted by atomic mass is 16.1. The first-order valence-corrected chi connectivity index (χ1v) is 7.12. The molecule has 0 saturated carbocycles. The molecule has 0 unspecified atom stereocenters. The smallest absolute Gasteiger partial charge is 0.238 e. The predicted octanol–water partition coefficient (Wildman–Crippen LogP) is 1.70. The van der Waals surface area contributed by atoms with Crippen molar-refractivity contribution >= 4 is 11.6 Å². The molecule has 0 aliphatic carbocycles. The van der Waals surface area contributed by atoms with E-state index in [-0.39, 0.29) is 5.91 Å². The lowest BCUT2D eigenvalue weighted by atomic mass is 10.1. The van der Waals surface area contributed by atoms with Gasteiger partial charge in [-0.2, -0.15) is 0 Å². The first-order valence-electron chi connectivity index (χ1n) is 7.12. The molecule has 0 spiro atoms. The molecule has 0 atom stereocenters. The highest BCUT2D eigenvalue weighted by Gasteiger charge is 2.09. The van der Waals surface area contributed by atoms with Crippen molar-refractivity contribution < 1.29 is 4.79 Å². The summed E-state index contributed by atoms with van der Waals surface area (Å²) in [5, 5.41) is 6.06. The maximum atomic E-state index is 11.7. The number of rotatable bonds is 6. The quantitative estimate of drug-likeness (QED) is 0.766. The van der Waals surface area contributed by atoms with E-state index in [0.717, 1.165) is 18.8 Å². The number of hydrogen-bond acceptors (Lipinski definition) is 3. The van der Waals surface area contributed by atoms with Crippen molar-refractivity contribution in [1.82, 2.24) is 10.2 Å². The summed E-state index contributed by atoms with van der Waals surface area (Å²) in [5.41, 5.74) is 0.852. The van der Waals surface area contributed by atoms with Crippen molar-refractivity contribution in [3.05, 3.63) is 30.3 Å². The normalized spacial score (nSPS) is 16.2. The molecule has 0 aromatic heterocycles. The van der Waals surface area contributed by atoms with E-state index in [4.69, 9.17) is 0 Å². The van der Waals surface area contributed by atoms with Gasteiger partial charge in [-0.15, -0.1) is 0 Å². The highest BCUT2D eigenvalue weighted by molar-refractivity contribution is 5.92. The van der Waals surface area contributed by atoms with Gasteiger partial charge in [0.15, 0.2) is 0 Å². The van der Waals surface area contributed by atoms with E-state index in [2.05, 4.69) is 15.5 Å². The molecule has 19 heavy (non-hydrogen) atoms. The Morgan fingerprint density at radius 2 is 1.84 bits per heavy atom. The first kappa shape index (κ1) is 14.0. The van der Waals surface area contributed by atoms with Gasteiger partial charge in [0.2, 0.25) is 5.91 Å². The average molecular weight is 261 g/mol. The fourth-order valence-corrected chi connectivity index (χ4v) is 2.35. The fourth-order valence-electron chi connectivity index (χ4n) is 2.35. The molecular weight excluding hydrogens is 238 g/mol. The third kappa shape index (κ3) is 5.41. The Morgan fingerprint density at radius 3 is 2.58 bits per heavy atom. The van der Waals surface area contributed by atoms with Crippen LogP contribution in [0.2, 0.25) is 0 Å². The molecule has 0 radical (unpaired) electrons. The number of piperidine rings is 1. The number of likely N-dealkylation sites (tertiary alicyclic amines) is 1. The Kier molecular flexibility index (Phi) is 5.85. The molecule has 1 aromatic carbocycles. The Balaban J connectivity index is 1.56. The highest BCUT2D eigenvalue weighted by Crippen LogP contribution is 2.07. The number of benzene rings is 1. The molecule has 1 amide bonds. The van der Waals surface area contributed by atoms with Crippen molar-refractivity contribution in [1.29, 1.82) is 0 Å². The van der Waals surface area contributed by atoms with Crippen LogP contribution < -0.4 is 10.6 Å². The number of anilines is 1. The Bertz CT molecular complexity index is 374. The van der Waals surface area contributed by atoms with Gasteiger partial charge in [0.25, 0.3) is 0 Å². The van der Waals surface area contributed by atoms with E-state index in [1.165, 1.54) is 32.4 Å². The summed E-state index contributed by atoms with van der Waals surface area (Å²) in [5.74, 6) is 0.0184. The summed E-state index contributed by atoms with van der Waals surface area (Å²) in [6.45, 7) is 4.71. The van der Waals surface area contributed by atoms with Crippen LogP contribution in [0.5, 0.6) is 0 Å². The molecule has 2 N–H and O–H groups in total. The summed E-state index contributed by atoms with van der Waals surface area (Å²) >= 11 is 0. The maximum absolute atomic E-state index is 11.7. The maximum Gasteiger partial charge on any atom is 0.238 e. The van der Waals surface area contributed by atoms with Gasteiger partial charge in [-0.05, 0) is 38.1 Å². The van der Waals surface area contributed by atoms with Crippen LogP contribution >= 0.6 is 0 Å². The van der Waals surface area contributed by atoms with Crippen LogP contribution in [0.15, 0.2) is 30.3 Å². The van der Waals surface area contributed by atoms with Crippen LogP contribution in [0.1, 0.15) is 19.3 Å². The first-order chi connectivity index (χ1) is 9.34. The second-order valence-electron chi connectivity index (χ2n) is 4.99. The number of amides is 1. The fraction of sp³-hybridized carbons (Fsp3) is 0.533. The van der Waals surface area contributed by atoms with Crippen molar-refractivity contribution in [2.75, 3.05) is 38.0 Å². The zero-order chi connectivity index (χ0) is 13.3. The number of para-hydroxylation sites is 1. The lowest BCUT2D eigenvalue weighted by Crippen LogP contribution is -2.38.